The van der Waals surface area contributed by atoms with E-state index in [1.807, 2.05) is 0 Å². The van der Waals surface area contributed by atoms with Crippen molar-refractivity contribution in [3.05, 3.63) is 57.5 Å². The molecule has 102 valence electrons. The summed E-state index contributed by atoms with van der Waals surface area (Å²) in [5.41, 5.74) is 1.53. The fraction of sp³-hybridized carbons (Fsp3) is 0.167. The molecule has 0 aliphatic rings. The van der Waals surface area contributed by atoms with Crippen LogP contribution in [-0.2, 0) is 6.18 Å². The SMILES string of the molecule is NNC(c1ccc(C(F)(F)F)c(F)c1)c1cccs1. The minimum Gasteiger partial charge on any atom is -0.271 e. The number of hydrogen-bond acceptors (Lipinski definition) is 3. The summed E-state index contributed by atoms with van der Waals surface area (Å²) >= 11 is 1.38. The molecule has 19 heavy (non-hydrogen) atoms. The number of hydrazine groups is 1. The van der Waals surface area contributed by atoms with Crippen LogP contribution in [0, 0.1) is 5.82 Å². The molecule has 7 heteroatoms. The van der Waals surface area contributed by atoms with Gasteiger partial charge in [0.15, 0.2) is 0 Å². The van der Waals surface area contributed by atoms with Crippen LogP contribution in [0.3, 0.4) is 0 Å². The Morgan fingerprint density at radius 1 is 1.21 bits per heavy atom. The molecule has 0 bridgehead atoms. The highest BCUT2D eigenvalue weighted by Gasteiger charge is 2.34. The average Bonchev–Trinajstić information content (AvgIpc) is 2.82. The van der Waals surface area contributed by atoms with Gasteiger partial charge in [-0.25, -0.2) is 9.82 Å². The Bertz CT molecular complexity index is 551. The molecule has 1 aromatic heterocycles. The number of thiophene rings is 1. The Morgan fingerprint density at radius 2 is 1.95 bits per heavy atom. The number of hydrogen-bond donors (Lipinski definition) is 2. The highest BCUT2D eigenvalue weighted by molar-refractivity contribution is 7.10. The van der Waals surface area contributed by atoms with Gasteiger partial charge in [-0.05, 0) is 29.1 Å². The van der Waals surface area contributed by atoms with E-state index in [9.17, 15) is 17.6 Å². The van der Waals surface area contributed by atoms with Crippen molar-refractivity contribution in [1.29, 1.82) is 0 Å². The minimum atomic E-state index is -4.70. The van der Waals surface area contributed by atoms with Crippen LogP contribution < -0.4 is 11.3 Å². The van der Waals surface area contributed by atoms with Crippen molar-refractivity contribution in [2.24, 2.45) is 5.84 Å². The third kappa shape index (κ3) is 2.94. The highest BCUT2D eigenvalue weighted by Crippen LogP contribution is 2.33. The standard InChI is InChI=1S/C12H10F4N2S/c13-9-6-7(3-4-8(9)12(14,15)16)11(18-17)10-2-1-5-19-10/h1-6,11,18H,17H2. The van der Waals surface area contributed by atoms with Crippen molar-refractivity contribution in [3.8, 4) is 0 Å². The van der Waals surface area contributed by atoms with Crippen LogP contribution in [0.15, 0.2) is 35.7 Å². The van der Waals surface area contributed by atoms with Crippen molar-refractivity contribution in [2.75, 3.05) is 0 Å². The van der Waals surface area contributed by atoms with Gasteiger partial charge in [0, 0.05) is 4.88 Å². The molecule has 0 aliphatic carbocycles. The monoisotopic (exact) mass is 290 g/mol. The van der Waals surface area contributed by atoms with Crippen LogP contribution in [0.25, 0.3) is 0 Å². The summed E-state index contributed by atoms with van der Waals surface area (Å²) in [6.07, 6.45) is -4.70. The minimum absolute atomic E-state index is 0.343. The zero-order chi connectivity index (χ0) is 14.0. The summed E-state index contributed by atoms with van der Waals surface area (Å²) in [6, 6.07) is 5.82. The lowest BCUT2D eigenvalue weighted by molar-refractivity contribution is -0.140. The lowest BCUT2D eigenvalue weighted by Crippen LogP contribution is -2.28. The molecule has 0 radical (unpaired) electrons. The lowest BCUT2D eigenvalue weighted by Gasteiger charge is -2.16. The number of benzene rings is 1. The smallest absolute Gasteiger partial charge is 0.271 e. The third-order valence-corrected chi connectivity index (χ3v) is 3.56. The number of rotatable bonds is 3. The molecule has 1 atom stereocenters. The van der Waals surface area contributed by atoms with Gasteiger partial charge in [0.2, 0.25) is 0 Å². The van der Waals surface area contributed by atoms with E-state index in [1.165, 1.54) is 17.4 Å². The molecule has 0 saturated carbocycles. The summed E-state index contributed by atoms with van der Waals surface area (Å²) < 4.78 is 50.9. The van der Waals surface area contributed by atoms with Crippen molar-refractivity contribution in [2.45, 2.75) is 12.2 Å². The van der Waals surface area contributed by atoms with Gasteiger partial charge in [-0.2, -0.15) is 13.2 Å². The fourth-order valence-corrected chi connectivity index (χ4v) is 2.55. The first-order chi connectivity index (χ1) is 8.93. The van der Waals surface area contributed by atoms with Crippen LogP contribution in [0.4, 0.5) is 17.6 Å². The Morgan fingerprint density at radius 3 is 2.42 bits per heavy atom. The van der Waals surface area contributed by atoms with Gasteiger partial charge in [0.1, 0.15) is 5.82 Å². The maximum atomic E-state index is 13.5. The second-order valence-electron chi connectivity index (χ2n) is 3.85. The third-order valence-electron chi connectivity index (χ3n) is 2.63. The first-order valence-corrected chi connectivity index (χ1v) is 6.17. The van der Waals surface area contributed by atoms with Crippen molar-refractivity contribution < 1.29 is 17.6 Å². The van der Waals surface area contributed by atoms with Crippen molar-refractivity contribution in [1.82, 2.24) is 5.43 Å². The van der Waals surface area contributed by atoms with Gasteiger partial charge in [0.05, 0.1) is 11.6 Å². The molecule has 3 N–H and O–H groups in total. The molecule has 0 aliphatic heterocycles. The molecule has 1 unspecified atom stereocenters. The molecule has 2 aromatic rings. The van der Waals surface area contributed by atoms with Crippen LogP contribution in [-0.4, -0.2) is 0 Å². The van der Waals surface area contributed by atoms with Crippen LogP contribution in [0.5, 0.6) is 0 Å². The van der Waals surface area contributed by atoms with Crippen LogP contribution >= 0.6 is 11.3 Å². The number of nitrogens with one attached hydrogen (secondary N) is 1. The second kappa shape index (κ2) is 5.28. The summed E-state index contributed by atoms with van der Waals surface area (Å²) in [4.78, 5) is 0.793. The van der Waals surface area contributed by atoms with Gasteiger partial charge in [-0.15, -0.1) is 11.3 Å². The van der Waals surface area contributed by atoms with E-state index < -0.39 is 23.6 Å². The normalized spacial score (nSPS) is 13.5. The van der Waals surface area contributed by atoms with E-state index in [4.69, 9.17) is 5.84 Å². The first-order valence-electron chi connectivity index (χ1n) is 5.29. The van der Waals surface area contributed by atoms with Gasteiger partial charge >= 0.3 is 6.18 Å². The van der Waals surface area contributed by atoms with E-state index in [2.05, 4.69) is 5.43 Å². The zero-order valence-electron chi connectivity index (χ0n) is 9.54. The average molecular weight is 290 g/mol. The van der Waals surface area contributed by atoms with Crippen molar-refractivity contribution in [3.63, 3.8) is 0 Å². The maximum Gasteiger partial charge on any atom is 0.419 e. The summed E-state index contributed by atoms with van der Waals surface area (Å²) in [7, 11) is 0. The Kier molecular flexibility index (Phi) is 3.88. The molecular weight excluding hydrogens is 280 g/mol. The molecular formula is C12H10F4N2S. The van der Waals surface area contributed by atoms with E-state index in [-0.39, 0.29) is 0 Å². The molecule has 1 aromatic carbocycles. The van der Waals surface area contributed by atoms with E-state index >= 15 is 0 Å². The Hall–Kier alpha value is -1.44. The maximum absolute atomic E-state index is 13.5. The second-order valence-corrected chi connectivity index (χ2v) is 4.83. The quantitative estimate of drug-likeness (QED) is 0.516. The Balaban J connectivity index is 2.39. The summed E-state index contributed by atoms with van der Waals surface area (Å²) in [5, 5.41) is 1.81. The fourth-order valence-electron chi connectivity index (χ4n) is 1.74. The molecule has 2 nitrogen and oxygen atoms in total. The summed E-state index contributed by atoms with van der Waals surface area (Å²) in [5.74, 6) is 4.08. The van der Waals surface area contributed by atoms with Gasteiger partial charge in [-0.1, -0.05) is 12.1 Å². The lowest BCUT2D eigenvalue weighted by atomic mass is 10.0. The van der Waals surface area contributed by atoms with E-state index in [0.29, 0.717) is 5.56 Å². The molecule has 1 heterocycles. The molecule has 0 amide bonds. The Labute approximate surface area is 110 Å². The predicted molar refractivity (Wildman–Crippen MR) is 64.9 cm³/mol. The van der Waals surface area contributed by atoms with Crippen molar-refractivity contribution >= 4 is 11.3 Å². The van der Waals surface area contributed by atoms with Crippen LogP contribution in [0.1, 0.15) is 22.0 Å². The van der Waals surface area contributed by atoms with E-state index in [1.54, 1.807) is 17.5 Å². The van der Waals surface area contributed by atoms with E-state index in [0.717, 1.165) is 17.0 Å². The zero-order valence-corrected chi connectivity index (χ0v) is 10.4. The predicted octanol–water partition coefficient (Wildman–Crippen LogP) is 3.46. The topological polar surface area (TPSA) is 38.0 Å². The largest absolute Gasteiger partial charge is 0.419 e. The first kappa shape index (κ1) is 14.0. The molecule has 0 fully saturated rings. The number of alkyl halides is 3. The van der Waals surface area contributed by atoms with Crippen LogP contribution in [0.2, 0.25) is 0 Å². The van der Waals surface area contributed by atoms with Gasteiger partial charge in [0.25, 0.3) is 0 Å². The highest BCUT2D eigenvalue weighted by atomic mass is 32.1. The number of halogens is 4. The molecule has 0 spiro atoms. The van der Waals surface area contributed by atoms with Gasteiger partial charge in [-0.3, -0.25) is 5.84 Å². The molecule has 2 rings (SSSR count). The van der Waals surface area contributed by atoms with Gasteiger partial charge < -0.3 is 0 Å². The number of nitrogens with two attached hydrogens (primary N) is 1. The molecule has 0 saturated heterocycles. The summed E-state index contributed by atoms with van der Waals surface area (Å²) in [6.45, 7) is 0.